The van der Waals surface area contributed by atoms with Crippen molar-refractivity contribution < 1.29 is 14.6 Å². The smallest absolute Gasteiger partial charge is 0.411 e. The molecule has 0 aliphatic carbocycles. The molecular formula is C18H24N4O4. The summed E-state index contributed by atoms with van der Waals surface area (Å²) in [4.78, 5) is 33.9. The number of amides is 1. The molecule has 2 aromatic heterocycles. The summed E-state index contributed by atoms with van der Waals surface area (Å²) in [5.41, 5.74) is 1.48. The molecule has 1 fully saturated rings. The van der Waals surface area contributed by atoms with Crippen LogP contribution in [0.1, 0.15) is 38.8 Å². The van der Waals surface area contributed by atoms with Gasteiger partial charge in [0.1, 0.15) is 16.6 Å². The maximum absolute atomic E-state index is 12.8. The zero-order valence-corrected chi connectivity index (χ0v) is 15.4. The molecule has 140 valence electrons. The first-order valence-corrected chi connectivity index (χ1v) is 8.46. The summed E-state index contributed by atoms with van der Waals surface area (Å²) in [6.07, 6.45) is 3.08. The van der Waals surface area contributed by atoms with Crippen molar-refractivity contribution in [3.8, 4) is 0 Å². The highest BCUT2D eigenvalue weighted by molar-refractivity contribution is 5.80. The minimum Gasteiger partial charge on any atom is -0.444 e. The van der Waals surface area contributed by atoms with Crippen LogP contribution in [0.25, 0.3) is 11.0 Å². The van der Waals surface area contributed by atoms with Crippen LogP contribution in [0.2, 0.25) is 0 Å². The van der Waals surface area contributed by atoms with E-state index < -0.39 is 23.8 Å². The van der Waals surface area contributed by atoms with E-state index in [1.54, 1.807) is 34.0 Å². The summed E-state index contributed by atoms with van der Waals surface area (Å²) in [6.45, 7) is 9.12. The van der Waals surface area contributed by atoms with E-state index in [-0.39, 0.29) is 12.2 Å². The normalized spacial score (nSPS) is 20.8. The average Bonchev–Trinajstić information content (AvgIpc) is 3.10. The number of aromatic nitrogens is 3. The summed E-state index contributed by atoms with van der Waals surface area (Å²) in [5.74, 6) is 0. The van der Waals surface area contributed by atoms with Crippen molar-refractivity contribution in [2.75, 3.05) is 6.61 Å². The van der Waals surface area contributed by atoms with E-state index >= 15 is 0 Å². The van der Waals surface area contributed by atoms with Crippen LogP contribution in [0.4, 0.5) is 4.79 Å². The Kier molecular flexibility index (Phi) is 4.39. The monoisotopic (exact) mass is 360 g/mol. The van der Waals surface area contributed by atoms with Crippen molar-refractivity contribution in [2.45, 2.75) is 44.9 Å². The molecule has 0 unspecified atom stereocenters. The molecule has 0 aromatic carbocycles. The van der Waals surface area contributed by atoms with Gasteiger partial charge in [0.15, 0.2) is 0 Å². The van der Waals surface area contributed by atoms with Gasteiger partial charge in [-0.05, 0) is 27.2 Å². The largest absolute Gasteiger partial charge is 0.444 e. The summed E-state index contributed by atoms with van der Waals surface area (Å²) in [5, 5.41) is 9.78. The highest BCUT2D eigenvalue weighted by Crippen LogP contribution is 2.41. The van der Waals surface area contributed by atoms with Gasteiger partial charge >= 0.3 is 6.09 Å². The fourth-order valence-corrected chi connectivity index (χ4v) is 3.30. The lowest BCUT2D eigenvalue weighted by Gasteiger charge is -2.31. The Morgan fingerprint density at radius 1 is 1.50 bits per heavy atom. The van der Waals surface area contributed by atoms with E-state index in [9.17, 15) is 14.7 Å². The van der Waals surface area contributed by atoms with Gasteiger partial charge in [0.05, 0.1) is 25.0 Å². The Hall–Kier alpha value is -2.61. The number of rotatable bonds is 2. The highest BCUT2D eigenvalue weighted by atomic mass is 16.6. The van der Waals surface area contributed by atoms with Gasteiger partial charge in [-0.15, -0.1) is 0 Å². The standard InChI is InChI=1S/C18H24N4O4/c1-10-6-12(22(13(10)8-23)17(25)26-18(2,3)4)11-7-19-15-14(11)20-9-21(5)16(15)24/h7,9,12-13,19,23H,1,6,8H2,2-5H3/t12-,13-/m1/s1. The Morgan fingerprint density at radius 3 is 2.81 bits per heavy atom. The lowest BCUT2D eigenvalue weighted by atomic mass is 10.0. The Morgan fingerprint density at radius 2 is 2.19 bits per heavy atom. The second-order valence-electron chi connectivity index (χ2n) is 7.59. The zero-order chi connectivity index (χ0) is 19.2. The molecule has 1 saturated heterocycles. The number of fused-ring (bicyclic) bond motifs is 1. The molecule has 8 nitrogen and oxygen atoms in total. The molecule has 3 heterocycles. The third kappa shape index (κ3) is 3.01. The summed E-state index contributed by atoms with van der Waals surface area (Å²) < 4.78 is 6.91. The predicted molar refractivity (Wildman–Crippen MR) is 96.8 cm³/mol. The number of aliphatic hydroxyl groups excluding tert-OH is 1. The quantitative estimate of drug-likeness (QED) is 0.796. The molecule has 2 N–H and O–H groups in total. The number of carbonyl (C=O) groups is 1. The van der Waals surface area contributed by atoms with Gasteiger partial charge in [0, 0.05) is 18.8 Å². The Balaban J connectivity index is 2.07. The van der Waals surface area contributed by atoms with Gasteiger partial charge in [-0.2, -0.15) is 0 Å². The predicted octanol–water partition coefficient (Wildman–Crippen LogP) is 1.86. The first-order valence-electron chi connectivity index (χ1n) is 8.46. The first kappa shape index (κ1) is 18.2. The fraction of sp³-hybridized carbons (Fsp3) is 0.500. The second kappa shape index (κ2) is 6.28. The molecule has 0 spiro atoms. The maximum Gasteiger partial charge on any atom is 0.411 e. The molecule has 3 rings (SSSR count). The molecule has 26 heavy (non-hydrogen) atoms. The maximum atomic E-state index is 12.8. The van der Waals surface area contributed by atoms with Gasteiger partial charge in [-0.3, -0.25) is 9.69 Å². The van der Waals surface area contributed by atoms with Crippen LogP contribution in [0.5, 0.6) is 0 Å². The van der Waals surface area contributed by atoms with E-state index in [2.05, 4.69) is 16.5 Å². The molecule has 2 atom stereocenters. The number of aromatic amines is 1. The number of aliphatic hydroxyl groups is 1. The van der Waals surface area contributed by atoms with E-state index in [1.165, 1.54) is 15.8 Å². The third-order valence-electron chi connectivity index (χ3n) is 4.51. The number of hydrogen-bond donors (Lipinski definition) is 2. The molecule has 2 aromatic rings. The highest BCUT2D eigenvalue weighted by Gasteiger charge is 2.43. The number of H-pyrrole nitrogens is 1. The van der Waals surface area contributed by atoms with Crippen molar-refractivity contribution in [3.05, 3.63) is 40.6 Å². The average molecular weight is 360 g/mol. The molecule has 0 bridgehead atoms. The van der Waals surface area contributed by atoms with Crippen LogP contribution in [-0.4, -0.2) is 48.9 Å². The number of nitrogens with one attached hydrogen (secondary N) is 1. The van der Waals surface area contributed by atoms with Crippen molar-refractivity contribution in [2.24, 2.45) is 7.05 Å². The minimum absolute atomic E-state index is 0.194. The lowest BCUT2D eigenvalue weighted by Crippen LogP contribution is -2.42. The number of carbonyl (C=O) groups excluding carboxylic acids is 1. The summed E-state index contributed by atoms with van der Waals surface area (Å²) in [7, 11) is 1.63. The topological polar surface area (TPSA) is 100 Å². The number of ether oxygens (including phenoxy) is 1. The third-order valence-corrected chi connectivity index (χ3v) is 4.51. The van der Waals surface area contributed by atoms with Crippen LogP contribution < -0.4 is 5.56 Å². The number of likely N-dealkylation sites (tertiary alicyclic amines) is 1. The van der Waals surface area contributed by atoms with E-state index in [0.29, 0.717) is 23.0 Å². The summed E-state index contributed by atoms with van der Waals surface area (Å²) >= 11 is 0. The second-order valence-corrected chi connectivity index (χ2v) is 7.59. The van der Waals surface area contributed by atoms with E-state index in [0.717, 1.165) is 5.57 Å². The van der Waals surface area contributed by atoms with Crippen LogP contribution in [0.3, 0.4) is 0 Å². The van der Waals surface area contributed by atoms with Gasteiger partial charge < -0.3 is 19.4 Å². The molecule has 8 heteroatoms. The van der Waals surface area contributed by atoms with Crippen LogP contribution in [0.15, 0.2) is 29.5 Å². The molecule has 1 amide bonds. The lowest BCUT2D eigenvalue weighted by molar-refractivity contribution is 0.0105. The van der Waals surface area contributed by atoms with Crippen LogP contribution in [-0.2, 0) is 11.8 Å². The molecule has 1 aliphatic heterocycles. The molecular weight excluding hydrogens is 336 g/mol. The van der Waals surface area contributed by atoms with Crippen molar-refractivity contribution in [1.82, 2.24) is 19.4 Å². The van der Waals surface area contributed by atoms with Gasteiger partial charge in [0.2, 0.25) is 0 Å². The molecule has 0 radical (unpaired) electrons. The van der Waals surface area contributed by atoms with Crippen LogP contribution >= 0.6 is 0 Å². The molecule has 1 aliphatic rings. The van der Waals surface area contributed by atoms with Gasteiger partial charge in [0.25, 0.3) is 5.56 Å². The van der Waals surface area contributed by atoms with Crippen molar-refractivity contribution in [1.29, 1.82) is 0 Å². The zero-order valence-electron chi connectivity index (χ0n) is 15.4. The summed E-state index contributed by atoms with van der Waals surface area (Å²) in [6, 6.07) is -0.950. The van der Waals surface area contributed by atoms with Crippen LogP contribution in [0, 0.1) is 0 Å². The van der Waals surface area contributed by atoms with Crippen molar-refractivity contribution in [3.63, 3.8) is 0 Å². The fourth-order valence-electron chi connectivity index (χ4n) is 3.30. The van der Waals surface area contributed by atoms with Crippen molar-refractivity contribution >= 4 is 17.1 Å². The molecule has 0 saturated carbocycles. The minimum atomic E-state index is -0.667. The van der Waals surface area contributed by atoms with E-state index in [1.807, 2.05) is 0 Å². The SMILES string of the molecule is C=C1C[C@H](c2c[nH]c3c(=O)n(C)cnc23)N(C(=O)OC(C)(C)C)[C@@H]1CO. The number of hydrogen-bond acceptors (Lipinski definition) is 5. The van der Waals surface area contributed by atoms with Gasteiger partial charge in [-0.25, -0.2) is 9.78 Å². The Labute approximate surface area is 151 Å². The van der Waals surface area contributed by atoms with E-state index in [4.69, 9.17) is 4.74 Å². The number of nitrogens with zero attached hydrogens (tertiary/aromatic N) is 3. The number of aryl methyl sites for hydroxylation is 1. The van der Waals surface area contributed by atoms with Gasteiger partial charge in [-0.1, -0.05) is 12.2 Å². The first-order chi connectivity index (χ1) is 12.1. The Bertz CT molecular complexity index is 921.